The van der Waals surface area contributed by atoms with Crippen LogP contribution < -0.4 is 5.32 Å². The van der Waals surface area contributed by atoms with Gasteiger partial charge in [-0.25, -0.2) is 0 Å². The summed E-state index contributed by atoms with van der Waals surface area (Å²) >= 11 is 8.97. The summed E-state index contributed by atoms with van der Waals surface area (Å²) in [7, 11) is 0. The molecule has 3 rings (SSSR count). The van der Waals surface area contributed by atoms with E-state index < -0.39 is 0 Å². The summed E-state index contributed by atoms with van der Waals surface area (Å²) < 4.78 is 3.50. The molecule has 21 heavy (non-hydrogen) atoms. The van der Waals surface area contributed by atoms with Gasteiger partial charge in [-0.3, -0.25) is 0 Å². The number of aryl methyl sites for hydroxylation is 1. The lowest BCUT2D eigenvalue weighted by molar-refractivity contribution is 0.899. The van der Waals surface area contributed by atoms with Crippen molar-refractivity contribution in [1.29, 1.82) is 0 Å². The first-order chi connectivity index (χ1) is 10.1. The van der Waals surface area contributed by atoms with Crippen molar-refractivity contribution >= 4 is 59.0 Å². The lowest BCUT2D eigenvalue weighted by Crippen LogP contribution is -2.06. The quantitative estimate of drug-likeness (QED) is 0.481. The minimum absolute atomic E-state index is 0.278. The first-order valence-electron chi connectivity index (χ1n) is 6.76. The van der Waals surface area contributed by atoms with Crippen molar-refractivity contribution in [2.75, 3.05) is 5.32 Å². The summed E-state index contributed by atoms with van der Waals surface area (Å²) in [5, 5.41) is 4.96. The molecule has 0 amide bonds. The van der Waals surface area contributed by atoms with Crippen molar-refractivity contribution in [3.63, 3.8) is 0 Å². The molecule has 1 aromatic heterocycles. The molecule has 2 aromatic carbocycles. The molecular formula is C17H15Br2NS. The Labute approximate surface area is 145 Å². The lowest BCUT2D eigenvalue weighted by atomic mass is 10.1. The summed E-state index contributed by atoms with van der Waals surface area (Å²) in [6.07, 6.45) is 0. The molecule has 1 N–H and O–H groups in total. The van der Waals surface area contributed by atoms with Gasteiger partial charge in [0.1, 0.15) is 0 Å². The first kappa shape index (κ1) is 15.1. The van der Waals surface area contributed by atoms with Crippen molar-refractivity contribution < 1.29 is 0 Å². The van der Waals surface area contributed by atoms with Crippen LogP contribution in [0.2, 0.25) is 0 Å². The molecule has 0 aliphatic rings. The number of thiophene rings is 1. The molecule has 1 atom stereocenters. The topological polar surface area (TPSA) is 12.0 Å². The average Bonchev–Trinajstić information content (AvgIpc) is 2.80. The van der Waals surface area contributed by atoms with Gasteiger partial charge in [-0.2, -0.15) is 0 Å². The van der Waals surface area contributed by atoms with E-state index in [9.17, 15) is 0 Å². The van der Waals surface area contributed by atoms with Gasteiger partial charge >= 0.3 is 0 Å². The molecule has 1 nitrogen and oxygen atoms in total. The number of hydrogen-bond donors (Lipinski definition) is 1. The molecule has 1 unspecified atom stereocenters. The van der Waals surface area contributed by atoms with E-state index in [1.165, 1.54) is 20.5 Å². The number of benzene rings is 2. The largest absolute Gasteiger partial charge is 0.377 e. The maximum absolute atomic E-state index is 3.61. The molecule has 0 aliphatic heterocycles. The summed E-state index contributed by atoms with van der Waals surface area (Å²) in [5.41, 5.74) is 2.49. The van der Waals surface area contributed by atoms with E-state index in [1.807, 2.05) is 11.3 Å². The summed E-state index contributed by atoms with van der Waals surface area (Å²) in [6.45, 7) is 4.43. The fourth-order valence-corrected chi connectivity index (χ4v) is 4.89. The smallest absolute Gasteiger partial charge is 0.0581 e. The van der Waals surface area contributed by atoms with Gasteiger partial charge in [0.25, 0.3) is 0 Å². The second-order valence-electron chi connectivity index (χ2n) is 5.08. The standard InChI is InChI=1S/C17H15Br2NS/c1-10-13-5-3-4-6-16(13)21-17(10)11(2)20-15-8-7-12(18)9-14(15)19/h3-9,11,20H,1-2H3. The second kappa shape index (κ2) is 6.11. The summed E-state index contributed by atoms with van der Waals surface area (Å²) in [6, 6.07) is 15.1. The van der Waals surface area contributed by atoms with Crippen LogP contribution in [0.25, 0.3) is 10.1 Å². The third-order valence-corrected chi connectivity index (χ3v) is 6.18. The zero-order chi connectivity index (χ0) is 15.0. The average molecular weight is 425 g/mol. The van der Waals surface area contributed by atoms with Gasteiger partial charge in [-0.05, 0) is 65.0 Å². The normalized spacial score (nSPS) is 12.6. The molecular weight excluding hydrogens is 410 g/mol. The van der Waals surface area contributed by atoms with Gasteiger partial charge in [0.15, 0.2) is 0 Å². The van der Waals surface area contributed by atoms with Gasteiger partial charge in [0.2, 0.25) is 0 Å². The fraction of sp³-hybridized carbons (Fsp3) is 0.176. The van der Waals surface area contributed by atoms with Crippen LogP contribution >= 0.6 is 43.2 Å². The number of fused-ring (bicyclic) bond motifs is 1. The van der Waals surface area contributed by atoms with Crippen LogP contribution in [0.1, 0.15) is 23.4 Å². The molecule has 0 radical (unpaired) electrons. The van der Waals surface area contributed by atoms with Crippen LogP contribution in [0.15, 0.2) is 51.4 Å². The molecule has 0 aliphatic carbocycles. The van der Waals surface area contributed by atoms with Crippen LogP contribution in [0.3, 0.4) is 0 Å². The molecule has 0 bridgehead atoms. The van der Waals surface area contributed by atoms with E-state index in [0.717, 1.165) is 14.6 Å². The third-order valence-electron chi connectivity index (χ3n) is 3.58. The molecule has 0 saturated carbocycles. The van der Waals surface area contributed by atoms with Crippen molar-refractivity contribution in [2.45, 2.75) is 19.9 Å². The maximum atomic E-state index is 3.61. The van der Waals surface area contributed by atoms with Crippen molar-refractivity contribution in [3.05, 3.63) is 61.9 Å². The van der Waals surface area contributed by atoms with Gasteiger partial charge in [-0.15, -0.1) is 11.3 Å². The Hall–Kier alpha value is -0.840. The molecule has 0 fully saturated rings. The van der Waals surface area contributed by atoms with Crippen molar-refractivity contribution in [2.24, 2.45) is 0 Å². The summed E-state index contributed by atoms with van der Waals surface area (Å²) in [5.74, 6) is 0. The Balaban J connectivity index is 1.93. The number of nitrogens with one attached hydrogen (secondary N) is 1. The molecule has 0 saturated heterocycles. The predicted molar refractivity (Wildman–Crippen MR) is 100 cm³/mol. The molecule has 1 heterocycles. The zero-order valence-corrected chi connectivity index (χ0v) is 15.8. The minimum atomic E-state index is 0.278. The van der Waals surface area contributed by atoms with Crippen LogP contribution in [-0.2, 0) is 0 Å². The fourth-order valence-electron chi connectivity index (χ4n) is 2.51. The van der Waals surface area contributed by atoms with Gasteiger partial charge < -0.3 is 5.32 Å². The monoisotopic (exact) mass is 423 g/mol. The number of anilines is 1. The number of hydrogen-bond acceptors (Lipinski definition) is 2. The number of halogens is 2. The zero-order valence-electron chi connectivity index (χ0n) is 11.8. The predicted octanol–water partition coefficient (Wildman–Crippen LogP) is 6.91. The second-order valence-corrected chi connectivity index (χ2v) is 7.93. The highest BCUT2D eigenvalue weighted by Crippen LogP contribution is 2.37. The van der Waals surface area contributed by atoms with Crippen LogP contribution in [0.5, 0.6) is 0 Å². The Morgan fingerprint density at radius 1 is 1.10 bits per heavy atom. The first-order valence-corrected chi connectivity index (χ1v) is 9.16. The third kappa shape index (κ3) is 3.03. The van der Waals surface area contributed by atoms with E-state index in [0.29, 0.717) is 0 Å². The number of rotatable bonds is 3. The van der Waals surface area contributed by atoms with Gasteiger partial charge in [0.05, 0.1) is 6.04 Å². The van der Waals surface area contributed by atoms with E-state index >= 15 is 0 Å². The van der Waals surface area contributed by atoms with Crippen LogP contribution in [0, 0.1) is 6.92 Å². The van der Waals surface area contributed by atoms with E-state index in [2.05, 4.69) is 93.5 Å². The minimum Gasteiger partial charge on any atom is -0.377 e. The Bertz CT molecular complexity index is 795. The molecule has 108 valence electrons. The highest BCUT2D eigenvalue weighted by atomic mass is 79.9. The molecule has 4 heteroatoms. The van der Waals surface area contributed by atoms with Crippen molar-refractivity contribution in [1.82, 2.24) is 0 Å². The van der Waals surface area contributed by atoms with Crippen molar-refractivity contribution in [3.8, 4) is 0 Å². The highest BCUT2D eigenvalue weighted by Gasteiger charge is 2.15. The van der Waals surface area contributed by atoms with E-state index in [1.54, 1.807) is 0 Å². The molecule has 3 aromatic rings. The maximum Gasteiger partial charge on any atom is 0.0581 e. The van der Waals surface area contributed by atoms with E-state index in [-0.39, 0.29) is 6.04 Å². The SMILES string of the molecule is Cc1c(C(C)Nc2ccc(Br)cc2Br)sc2ccccc12. The molecule has 0 spiro atoms. The summed E-state index contributed by atoms with van der Waals surface area (Å²) in [4.78, 5) is 1.39. The Morgan fingerprint density at radius 2 is 1.86 bits per heavy atom. The Kier molecular flexibility index (Phi) is 4.38. The van der Waals surface area contributed by atoms with Crippen LogP contribution in [0.4, 0.5) is 5.69 Å². The van der Waals surface area contributed by atoms with Gasteiger partial charge in [0, 0.05) is 24.2 Å². The van der Waals surface area contributed by atoms with E-state index in [4.69, 9.17) is 0 Å². The highest BCUT2D eigenvalue weighted by molar-refractivity contribution is 9.11. The van der Waals surface area contributed by atoms with Gasteiger partial charge in [-0.1, -0.05) is 34.1 Å². The Morgan fingerprint density at radius 3 is 2.57 bits per heavy atom. The lowest BCUT2D eigenvalue weighted by Gasteiger charge is -2.16. The van der Waals surface area contributed by atoms with Crippen LogP contribution in [-0.4, -0.2) is 0 Å².